The topological polar surface area (TPSA) is 146 Å². The van der Waals surface area contributed by atoms with Crippen molar-refractivity contribution in [3.05, 3.63) is 54.4 Å². The van der Waals surface area contributed by atoms with Gasteiger partial charge in [-0.15, -0.1) is 0 Å². The Hall–Kier alpha value is -4.41. The van der Waals surface area contributed by atoms with Crippen molar-refractivity contribution in [2.45, 2.75) is 12.8 Å². The van der Waals surface area contributed by atoms with Crippen molar-refractivity contribution >= 4 is 23.6 Å². The minimum absolute atomic E-state index is 0.00912. The number of hydrogen-bond acceptors (Lipinski definition) is 11. The summed E-state index contributed by atoms with van der Waals surface area (Å²) in [6, 6.07) is 12.9. The van der Waals surface area contributed by atoms with Gasteiger partial charge in [-0.05, 0) is 43.0 Å². The van der Waals surface area contributed by atoms with E-state index in [0.29, 0.717) is 24.0 Å². The fraction of sp³-hybridized carbons (Fsp3) is 0.227. The van der Waals surface area contributed by atoms with E-state index in [2.05, 4.69) is 30.1 Å². The third kappa shape index (κ3) is 4.47. The maximum absolute atomic E-state index is 12.5. The number of aromatic nitrogens is 6. The van der Waals surface area contributed by atoms with Gasteiger partial charge in [0, 0.05) is 18.9 Å². The maximum Gasteiger partial charge on any atom is 0.357 e. The highest BCUT2D eigenvalue weighted by molar-refractivity contribution is 5.94. The zero-order chi connectivity index (χ0) is 22.8. The number of pyridine rings is 1. The number of hydrogen-bond donors (Lipinski definition) is 1. The van der Waals surface area contributed by atoms with Gasteiger partial charge >= 0.3 is 5.97 Å². The highest BCUT2D eigenvalue weighted by atomic mass is 16.5. The molecule has 11 heteroatoms. The molecule has 0 unspecified atom stereocenters. The van der Waals surface area contributed by atoms with Crippen LogP contribution in [0.3, 0.4) is 0 Å². The Bertz CT molecular complexity index is 1290. The van der Waals surface area contributed by atoms with Gasteiger partial charge in [-0.1, -0.05) is 23.4 Å². The largest absolute Gasteiger partial charge is 0.461 e. The molecule has 1 aromatic carbocycles. The second kappa shape index (κ2) is 8.61. The number of nitrogen functional groups attached to an aromatic ring is 1. The molecular weight excluding hydrogens is 424 g/mol. The summed E-state index contributed by atoms with van der Waals surface area (Å²) in [5, 5.41) is 3.97. The summed E-state index contributed by atoms with van der Waals surface area (Å²) in [6.07, 6.45) is 3.66. The number of nitrogens with two attached hydrogens (primary N) is 1. The van der Waals surface area contributed by atoms with Gasteiger partial charge in [0.05, 0.1) is 12.2 Å². The minimum atomic E-state index is -0.534. The fourth-order valence-corrected chi connectivity index (χ4v) is 3.11. The lowest BCUT2D eigenvalue weighted by Gasteiger charge is -2.17. The number of carbonyl (C=O) groups excluding carboxylic acids is 1. The summed E-state index contributed by atoms with van der Waals surface area (Å²) in [4.78, 5) is 35.6. The van der Waals surface area contributed by atoms with E-state index in [9.17, 15) is 4.79 Å². The van der Waals surface area contributed by atoms with Gasteiger partial charge in [0.25, 0.3) is 5.89 Å². The van der Waals surface area contributed by atoms with Crippen LogP contribution in [-0.2, 0) is 4.74 Å². The molecule has 1 aliphatic carbocycles. The number of nitrogens with zero attached hydrogens (tertiary/aromatic N) is 7. The third-order valence-electron chi connectivity index (χ3n) is 5.09. The van der Waals surface area contributed by atoms with Crippen molar-refractivity contribution in [3.63, 3.8) is 0 Å². The van der Waals surface area contributed by atoms with Crippen molar-refractivity contribution in [1.29, 1.82) is 0 Å². The first-order valence-corrected chi connectivity index (χ1v) is 10.4. The van der Waals surface area contributed by atoms with E-state index >= 15 is 0 Å². The molecule has 3 heterocycles. The highest BCUT2D eigenvalue weighted by Gasteiger charge is 2.26. The van der Waals surface area contributed by atoms with Crippen LogP contribution in [0.15, 0.2) is 53.2 Å². The van der Waals surface area contributed by atoms with E-state index in [4.69, 9.17) is 15.0 Å². The third-order valence-corrected chi connectivity index (χ3v) is 5.09. The minimum Gasteiger partial charge on any atom is -0.461 e. The van der Waals surface area contributed by atoms with Crippen molar-refractivity contribution in [1.82, 2.24) is 30.1 Å². The van der Waals surface area contributed by atoms with Crippen molar-refractivity contribution < 1.29 is 14.1 Å². The molecule has 0 atom stereocenters. The first-order valence-electron chi connectivity index (χ1n) is 10.4. The monoisotopic (exact) mass is 444 g/mol. The molecular formula is C22H20N8O3. The number of esters is 1. The second-order valence-corrected chi connectivity index (χ2v) is 7.58. The van der Waals surface area contributed by atoms with Crippen LogP contribution in [0.5, 0.6) is 0 Å². The van der Waals surface area contributed by atoms with Gasteiger partial charge in [-0.2, -0.15) is 19.9 Å². The predicted octanol–water partition coefficient (Wildman–Crippen LogP) is 2.90. The molecule has 1 saturated carbocycles. The molecule has 33 heavy (non-hydrogen) atoms. The van der Waals surface area contributed by atoms with E-state index in [-0.39, 0.29) is 29.2 Å². The number of rotatable bonds is 7. The van der Waals surface area contributed by atoms with Gasteiger partial charge in [0.1, 0.15) is 0 Å². The first-order chi connectivity index (χ1) is 16.1. The van der Waals surface area contributed by atoms with Crippen LogP contribution in [-0.4, -0.2) is 49.7 Å². The van der Waals surface area contributed by atoms with Crippen LogP contribution in [0.2, 0.25) is 0 Å². The lowest BCUT2D eigenvalue weighted by atomic mass is 10.2. The summed E-state index contributed by atoms with van der Waals surface area (Å²) in [5.74, 6) is 0.561. The van der Waals surface area contributed by atoms with E-state index in [1.165, 1.54) is 6.20 Å². The van der Waals surface area contributed by atoms with Gasteiger partial charge in [-0.25, -0.2) is 9.78 Å². The second-order valence-electron chi connectivity index (χ2n) is 7.58. The van der Waals surface area contributed by atoms with Crippen LogP contribution < -0.4 is 10.6 Å². The van der Waals surface area contributed by atoms with Crippen molar-refractivity contribution in [3.8, 4) is 23.1 Å². The van der Waals surface area contributed by atoms with Crippen LogP contribution in [0.4, 0.5) is 17.6 Å². The fourth-order valence-electron chi connectivity index (χ4n) is 3.11. The summed E-state index contributed by atoms with van der Waals surface area (Å²) >= 11 is 0. The molecule has 0 saturated heterocycles. The smallest absolute Gasteiger partial charge is 0.357 e. The maximum atomic E-state index is 12.5. The number of ether oxygens (including phenoxy) is 1. The van der Waals surface area contributed by atoms with Crippen molar-refractivity contribution in [2.75, 3.05) is 24.3 Å². The molecule has 0 bridgehead atoms. The lowest BCUT2D eigenvalue weighted by molar-refractivity contribution is 0.0480. The molecule has 2 N–H and O–H groups in total. The Balaban J connectivity index is 1.44. The summed E-state index contributed by atoms with van der Waals surface area (Å²) in [7, 11) is 1.81. The van der Waals surface area contributed by atoms with Crippen LogP contribution in [0.1, 0.15) is 23.3 Å². The summed E-state index contributed by atoms with van der Waals surface area (Å²) < 4.78 is 10.8. The van der Waals surface area contributed by atoms with Crippen LogP contribution in [0.25, 0.3) is 23.1 Å². The molecule has 4 aromatic rings. The highest BCUT2D eigenvalue weighted by Crippen LogP contribution is 2.30. The molecule has 0 spiro atoms. The van der Waals surface area contributed by atoms with Gasteiger partial charge in [0.2, 0.25) is 23.5 Å². The number of anilines is 3. The Morgan fingerprint density at radius 1 is 1.09 bits per heavy atom. The van der Waals surface area contributed by atoms with Gasteiger partial charge in [0.15, 0.2) is 5.69 Å². The SMILES string of the molecule is CN(c1ccccc1)c1nc(N)nc(-c2noc(-c3cccnc3C(=O)OCC3CC3)n2)n1. The van der Waals surface area contributed by atoms with Gasteiger partial charge < -0.3 is 19.9 Å². The van der Waals surface area contributed by atoms with Gasteiger partial charge in [-0.3, -0.25) is 0 Å². The van der Waals surface area contributed by atoms with Crippen molar-refractivity contribution in [2.24, 2.45) is 5.92 Å². The lowest BCUT2D eigenvalue weighted by Crippen LogP contribution is -2.15. The quantitative estimate of drug-likeness (QED) is 0.420. The number of benzene rings is 1. The Morgan fingerprint density at radius 2 is 1.91 bits per heavy atom. The predicted molar refractivity (Wildman–Crippen MR) is 118 cm³/mol. The molecule has 0 amide bonds. The molecule has 166 valence electrons. The molecule has 3 aromatic heterocycles. The molecule has 5 rings (SSSR count). The molecule has 1 fully saturated rings. The number of para-hydroxylation sites is 1. The zero-order valence-corrected chi connectivity index (χ0v) is 17.8. The summed E-state index contributed by atoms with van der Waals surface area (Å²) in [5.41, 5.74) is 7.25. The molecule has 11 nitrogen and oxygen atoms in total. The Labute approximate surface area is 188 Å². The van der Waals surface area contributed by atoms with E-state index < -0.39 is 5.97 Å². The van der Waals surface area contributed by atoms with Crippen LogP contribution in [0, 0.1) is 5.92 Å². The molecule has 0 aliphatic heterocycles. The van der Waals surface area contributed by atoms with Crippen LogP contribution >= 0.6 is 0 Å². The number of carbonyl (C=O) groups is 1. The van der Waals surface area contributed by atoms with E-state index in [1.807, 2.05) is 37.4 Å². The standard InChI is InChI=1S/C22H20N8O3/c1-30(14-6-3-2-4-7-14)22-27-17(26-21(23)28-22)18-25-19(33-29-18)15-8-5-11-24-16(15)20(31)32-12-13-9-10-13/h2-8,11,13H,9-10,12H2,1H3,(H2,23,26,27,28). The first kappa shape index (κ1) is 20.5. The summed E-state index contributed by atoms with van der Waals surface area (Å²) in [6.45, 7) is 0.381. The Kier molecular flexibility index (Phi) is 5.35. The normalized spacial score (nSPS) is 13.0. The zero-order valence-electron chi connectivity index (χ0n) is 17.8. The van der Waals surface area contributed by atoms with E-state index in [1.54, 1.807) is 17.0 Å². The Morgan fingerprint density at radius 3 is 2.70 bits per heavy atom. The average molecular weight is 444 g/mol. The molecule has 1 aliphatic rings. The molecule has 0 radical (unpaired) electrons. The van der Waals surface area contributed by atoms with E-state index in [0.717, 1.165) is 18.5 Å². The average Bonchev–Trinajstić information content (AvgIpc) is 3.55.